The van der Waals surface area contributed by atoms with E-state index in [9.17, 15) is 9.59 Å². The van der Waals surface area contributed by atoms with Gasteiger partial charge in [-0.3, -0.25) is 9.59 Å². The van der Waals surface area contributed by atoms with Crippen molar-refractivity contribution in [2.45, 2.75) is 31.7 Å². The molecule has 0 saturated carbocycles. The molecule has 6 heteroatoms. The Kier molecular flexibility index (Phi) is 3.33. The van der Waals surface area contributed by atoms with Crippen LogP contribution >= 0.6 is 0 Å². The van der Waals surface area contributed by atoms with E-state index in [4.69, 9.17) is 0 Å². The Hall–Kier alpha value is -2.37. The molecule has 25 heavy (non-hydrogen) atoms. The fourth-order valence-electron chi connectivity index (χ4n) is 5.05. The minimum atomic E-state index is 0.0754. The van der Waals surface area contributed by atoms with Crippen molar-refractivity contribution in [3.8, 4) is 0 Å². The summed E-state index contributed by atoms with van der Waals surface area (Å²) in [7, 11) is 0. The van der Waals surface area contributed by atoms with E-state index in [0.29, 0.717) is 35.8 Å². The highest BCUT2D eigenvalue weighted by atomic mass is 16.2. The molecule has 5 heterocycles. The number of pyridine rings is 1. The van der Waals surface area contributed by atoms with Gasteiger partial charge in [0, 0.05) is 38.3 Å². The topological polar surface area (TPSA) is 57.9 Å². The van der Waals surface area contributed by atoms with Crippen LogP contribution < -0.4 is 0 Å². The molecule has 5 rings (SSSR count). The van der Waals surface area contributed by atoms with Crippen LogP contribution in [0.1, 0.15) is 36.0 Å². The lowest BCUT2D eigenvalue weighted by molar-refractivity contribution is -0.144. The van der Waals surface area contributed by atoms with E-state index < -0.39 is 0 Å². The van der Waals surface area contributed by atoms with Crippen LogP contribution in [0.25, 0.3) is 5.52 Å². The first-order chi connectivity index (χ1) is 12.2. The zero-order chi connectivity index (χ0) is 17.0. The second-order valence-electron chi connectivity index (χ2n) is 7.67. The van der Waals surface area contributed by atoms with Crippen LogP contribution in [-0.2, 0) is 4.79 Å². The summed E-state index contributed by atoms with van der Waals surface area (Å²) in [5, 5.41) is 4.30. The van der Waals surface area contributed by atoms with Crippen molar-refractivity contribution in [3.63, 3.8) is 0 Å². The third kappa shape index (κ3) is 2.34. The summed E-state index contributed by atoms with van der Waals surface area (Å²) in [5.41, 5.74) is 1.54. The minimum Gasteiger partial charge on any atom is -0.339 e. The van der Waals surface area contributed by atoms with E-state index in [1.165, 1.54) is 0 Å². The van der Waals surface area contributed by atoms with E-state index in [1.54, 1.807) is 10.7 Å². The number of likely N-dealkylation sites (tertiary alicyclic amines) is 1. The first-order valence-corrected chi connectivity index (χ1v) is 9.22. The van der Waals surface area contributed by atoms with E-state index >= 15 is 0 Å². The fourth-order valence-corrected chi connectivity index (χ4v) is 5.05. The second kappa shape index (κ2) is 5.58. The van der Waals surface area contributed by atoms with Gasteiger partial charge in [0.1, 0.15) is 0 Å². The van der Waals surface area contributed by atoms with E-state index in [0.717, 1.165) is 44.4 Å². The van der Waals surface area contributed by atoms with Crippen LogP contribution in [0.15, 0.2) is 30.6 Å². The van der Waals surface area contributed by atoms with Gasteiger partial charge in [0.2, 0.25) is 5.91 Å². The highest BCUT2D eigenvalue weighted by Gasteiger charge is 2.45. The quantitative estimate of drug-likeness (QED) is 0.797. The van der Waals surface area contributed by atoms with Gasteiger partial charge in [0.05, 0.1) is 17.3 Å². The maximum absolute atomic E-state index is 13.1. The summed E-state index contributed by atoms with van der Waals surface area (Å²) in [6.07, 6.45) is 7.46. The zero-order valence-electron chi connectivity index (χ0n) is 14.2. The van der Waals surface area contributed by atoms with Crippen molar-refractivity contribution < 1.29 is 9.59 Å². The number of hydrogen-bond donors (Lipinski definition) is 0. The second-order valence-corrected chi connectivity index (χ2v) is 7.67. The summed E-state index contributed by atoms with van der Waals surface area (Å²) >= 11 is 0. The predicted molar refractivity (Wildman–Crippen MR) is 92.0 cm³/mol. The highest BCUT2D eigenvalue weighted by molar-refractivity contribution is 6.00. The van der Waals surface area contributed by atoms with Crippen molar-refractivity contribution in [2.75, 3.05) is 19.6 Å². The first kappa shape index (κ1) is 14.9. The summed E-state index contributed by atoms with van der Waals surface area (Å²) in [4.78, 5) is 29.5. The number of aromatic nitrogens is 2. The summed E-state index contributed by atoms with van der Waals surface area (Å²) in [6, 6.07) is 6.11. The van der Waals surface area contributed by atoms with Gasteiger partial charge in [0.15, 0.2) is 0 Å². The molecule has 3 atom stereocenters. The molecule has 6 nitrogen and oxygen atoms in total. The molecule has 3 fully saturated rings. The van der Waals surface area contributed by atoms with Gasteiger partial charge in [-0.15, -0.1) is 0 Å². The normalized spacial score (nSPS) is 29.0. The van der Waals surface area contributed by atoms with Crippen molar-refractivity contribution in [1.82, 2.24) is 19.4 Å². The zero-order valence-corrected chi connectivity index (χ0v) is 14.2. The molecule has 0 radical (unpaired) electrons. The molecular weight excluding hydrogens is 316 g/mol. The Labute approximate surface area is 146 Å². The lowest BCUT2D eigenvalue weighted by Gasteiger charge is -2.52. The third-order valence-electron chi connectivity index (χ3n) is 6.12. The van der Waals surface area contributed by atoms with Gasteiger partial charge >= 0.3 is 0 Å². The monoisotopic (exact) mass is 338 g/mol. The molecule has 2 aromatic heterocycles. The largest absolute Gasteiger partial charge is 0.339 e. The lowest BCUT2D eigenvalue weighted by atomic mass is 9.76. The summed E-state index contributed by atoms with van der Waals surface area (Å²) in [6.45, 7) is 2.32. The molecule has 130 valence electrons. The lowest BCUT2D eigenvalue weighted by Crippen LogP contribution is -2.61. The van der Waals surface area contributed by atoms with Gasteiger partial charge < -0.3 is 9.80 Å². The van der Waals surface area contributed by atoms with Gasteiger partial charge in [-0.1, -0.05) is 6.07 Å². The van der Waals surface area contributed by atoms with Gasteiger partial charge in [-0.2, -0.15) is 5.10 Å². The van der Waals surface area contributed by atoms with Crippen LogP contribution in [0.4, 0.5) is 0 Å². The standard InChI is InChI=1S/C19H22N4O2/c24-18-6-3-5-16-14-8-13(11-22(16)18)10-21(12-14)19(25)15-9-20-23-7-2-1-4-17(15)23/h1-2,4,7,9,13-14,16H,3,5-6,8,10-12H2/t13-,14+,16-/m0/s1. The molecule has 0 spiro atoms. The van der Waals surface area contributed by atoms with E-state index in [2.05, 4.69) is 10.00 Å². The molecular formula is C19H22N4O2. The van der Waals surface area contributed by atoms with Crippen molar-refractivity contribution in [1.29, 1.82) is 0 Å². The van der Waals surface area contributed by atoms with Gasteiger partial charge in [-0.05, 0) is 43.2 Å². The average molecular weight is 338 g/mol. The Balaban J connectivity index is 1.41. The number of amides is 2. The number of nitrogens with zero attached hydrogens (tertiary/aromatic N) is 4. The van der Waals surface area contributed by atoms with Crippen LogP contribution in [0.5, 0.6) is 0 Å². The minimum absolute atomic E-state index is 0.0754. The van der Waals surface area contributed by atoms with Gasteiger partial charge in [0.25, 0.3) is 5.91 Å². The number of carbonyl (C=O) groups excluding carboxylic acids is 2. The Morgan fingerprint density at radius 1 is 1.20 bits per heavy atom. The van der Waals surface area contributed by atoms with Crippen LogP contribution in [-0.4, -0.2) is 56.9 Å². The molecule has 3 saturated heterocycles. The summed E-state index contributed by atoms with van der Waals surface area (Å²) < 4.78 is 1.75. The maximum atomic E-state index is 13.1. The third-order valence-corrected chi connectivity index (χ3v) is 6.12. The van der Waals surface area contributed by atoms with Crippen molar-refractivity contribution >= 4 is 17.3 Å². The van der Waals surface area contributed by atoms with E-state index in [-0.39, 0.29) is 5.91 Å². The number of fused-ring (bicyclic) bond motifs is 5. The molecule has 0 aromatic carbocycles. The van der Waals surface area contributed by atoms with Crippen LogP contribution in [0.2, 0.25) is 0 Å². The fraction of sp³-hybridized carbons (Fsp3) is 0.526. The highest BCUT2D eigenvalue weighted by Crippen LogP contribution is 2.38. The number of rotatable bonds is 1. The van der Waals surface area contributed by atoms with Crippen LogP contribution in [0, 0.1) is 11.8 Å². The molecule has 3 aliphatic heterocycles. The Morgan fingerprint density at radius 2 is 2.12 bits per heavy atom. The molecule has 0 aliphatic carbocycles. The number of carbonyl (C=O) groups is 2. The number of piperidine rings is 3. The molecule has 2 aromatic rings. The molecule has 2 amide bonds. The Bertz CT molecular complexity index is 845. The van der Waals surface area contributed by atoms with Crippen molar-refractivity contribution in [3.05, 3.63) is 36.2 Å². The van der Waals surface area contributed by atoms with Crippen molar-refractivity contribution in [2.24, 2.45) is 11.8 Å². The average Bonchev–Trinajstić information content (AvgIpc) is 3.06. The SMILES string of the molecule is O=C(c1cnn2ccccc12)N1C[C@@H]2C[C@H](C1)[C@@H]1CCCC(=O)N1C2. The molecule has 2 bridgehead atoms. The summed E-state index contributed by atoms with van der Waals surface area (Å²) in [5.74, 6) is 1.21. The molecule has 0 unspecified atom stereocenters. The Morgan fingerprint density at radius 3 is 3.04 bits per heavy atom. The van der Waals surface area contributed by atoms with Crippen LogP contribution in [0.3, 0.4) is 0 Å². The first-order valence-electron chi connectivity index (χ1n) is 9.22. The van der Waals surface area contributed by atoms with Gasteiger partial charge in [-0.25, -0.2) is 4.52 Å². The molecule has 3 aliphatic rings. The molecule has 0 N–H and O–H groups in total. The van der Waals surface area contributed by atoms with E-state index in [1.807, 2.05) is 29.3 Å². The smallest absolute Gasteiger partial charge is 0.257 e. The predicted octanol–water partition coefficient (Wildman–Crippen LogP) is 1.81. The maximum Gasteiger partial charge on any atom is 0.257 e. The number of hydrogen-bond acceptors (Lipinski definition) is 3.